The van der Waals surface area contributed by atoms with Crippen LogP contribution in [0.1, 0.15) is 29.2 Å². The number of aliphatic hydroxyl groups is 1. The first kappa shape index (κ1) is 11.5. The Labute approximate surface area is 107 Å². The summed E-state index contributed by atoms with van der Waals surface area (Å²) >= 11 is 0. The quantitative estimate of drug-likeness (QED) is 0.843. The van der Waals surface area contributed by atoms with E-state index in [-0.39, 0.29) is 18.7 Å². The first-order chi connectivity index (χ1) is 8.78. The Morgan fingerprint density at radius 1 is 1.33 bits per heavy atom. The van der Waals surface area contributed by atoms with Crippen LogP contribution in [0.4, 0.5) is 4.79 Å². The van der Waals surface area contributed by atoms with Gasteiger partial charge in [0.1, 0.15) is 0 Å². The van der Waals surface area contributed by atoms with Gasteiger partial charge >= 0.3 is 6.03 Å². The SMILES string of the molecule is O=C1NC(c2ccc3c(c2)CCC3)CN1CCO. The van der Waals surface area contributed by atoms with Crippen LogP contribution < -0.4 is 5.32 Å². The number of aryl methyl sites for hydroxylation is 2. The van der Waals surface area contributed by atoms with Gasteiger partial charge in [-0.1, -0.05) is 18.2 Å². The minimum absolute atomic E-state index is 0.0182. The van der Waals surface area contributed by atoms with E-state index in [0.717, 1.165) is 6.42 Å². The Morgan fingerprint density at radius 3 is 3.00 bits per heavy atom. The molecule has 4 heteroatoms. The summed E-state index contributed by atoms with van der Waals surface area (Å²) in [5.74, 6) is 0. The second kappa shape index (κ2) is 4.61. The summed E-state index contributed by atoms with van der Waals surface area (Å²) in [4.78, 5) is 13.3. The van der Waals surface area contributed by atoms with Gasteiger partial charge in [0.15, 0.2) is 0 Å². The van der Waals surface area contributed by atoms with E-state index >= 15 is 0 Å². The smallest absolute Gasteiger partial charge is 0.318 e. The Bertz CT molecular complexity index is 473. The molecule has 3 rings (SSSR count). The Morgan fingerprint density at radius 2 is 2.17 bits per heavy atom. The summed E-state index contributed by atoms with van der Waals surface area (Å²) in [6.07, 6.45) is 3.58. The number of benzene rings is 1. The molecule has 1 saturated heterocycles. The van der Waals surface area contributed by atoms with E-state index in [1.54, 1.807) is 4.90 Å². The number of nitrogens with zero attached hydrogens (tertiary/aromatic N) is 1. The average Bonchev–Trinajstić information content (AvgIpc) is 2.96. The highest BCUT2D eigenvalue weighted by molar-refractivity contribution is 5.77. The highest BCUT2D eigenvalue weighted by Crippen LogP contribution is 2.27. The zero-order valence-corrected chi connectivity index (χ0v) is 10.4. The Balaban J connectivity index is 1.78. The number of carbonyl (C=O) groups excluding carboxylic acids is 1. The maximum Gasteiger partial charge on any atom is 0.318 e. The summed E-state index contributed by atoms with van der Waals surface area (Å²) in [6, 6.07) is 6.54. The van der Waals surface area contributed by atoms with Crippen molar-refractivity contribution in [2.24, 2.45) is 0 Å². The fourth-order valence-electron chi connectivity index (χ4n) is 2.90. The van der Waals surface area contributed by atoms with Crippen LogP contribution in [-0.2, 0) is 12.8 Å². The van der Waals surface area contributed by atoms with Crippen molar-refractivity contribution in [3.05, 3.63) is 34.9 Å². The van der Waals surface area contributed by atoms with Crippen molar-refractivity contribution >= 4 is 6.03 Å². The molecule has 1 aliphatic carbocycles. The average molecular weight is 246 g/mol. The molecule has 1 aromatic rings. The predicted molar refractivity (Wildman–Crippen MR) is 68.4 cm³/mol. The van der Waals surface area contributed by atoms with E-state index in [4.69, 9.17) is 5.11 Å². The molecule has 0 aromatic heterocycles. The van der Waals surface area contributed by atoms with Crippen LogP contribution >= 0.6 is 0 Å². The number of nitrogens with one attached hydrogen (secondary N) is 1. The molecule has 2 aliphatic rings. The van der Waals surface area contributed by atoms with Gasteiger partial charge in [-0.2, -0.15) is 0 Å². The zero-order chi connectivity index (χ0) is 12.5. The van der Waals surface area contributed by atoms with Gasteiger partial charge in [0.05, 0.1) is 12.6 Å². The molecule has 96 valence electrons. The van der Waals surface area contributed by atoms with E-state index in [2.05, 4.69) is 23.5 Å². The van der Waals surface area contributed by atoms with Gasteiger partial charge in [0, 0.05) is 13.1 Å². The number of rotatable bonds is 3. The third-order valence-corrected chi connectivity index (χ3v) is 3.88. The van der Waals surface area contributed by atoms with E-state index in [0.29, 0.717) is 13.1 Å². The van der Waals surface area contributed by atoms with Crippen LogP contribution in [0.25, 0.3) is 0 Å². The lowest BCUT2D eigenvalue weighted by Gasteiger charge is -2.13. The summed E-state index contributed by atoms with van der Waals surface area (Å²) in [5.41, 5.74) is 4.07. The van der Waals surface area contributed by atoms with Gasteiger partial charge in [-0.25, -0.2) is 4.79 Å². The van der Waals surface area contributed by atoms with Crippen LogP contribution in [0.2, 0.25) is 0 Å². The molecule has 0 saturated carbocycles. The number of carbonyl (C=O) groups is 1. The van der Waals surface area contributed by atoms with Crippen molar-refractivity contribution in [2.75, 3.05) is 19.7 Å². The number of fused-ring (bicyclic) bond motifs is 1. The minimum Gasteiger partial charge on any atom is -0.395 e. The molecule has 1 aromatic carbocycles. The number of amides is 2. The predicted octanol–water partition coefficient (Wildman–Crippen LogP) is 1.23. The van der Waals surface area contributed by atoms with E-state index in [1.807, 2.05) is 0 Å². The number of urea groups is 1. The summed E-state index contributed by atoms with van der Waals surface area (Å²) in [6.45, 7) is 1.08. The monoisotopic (exact) mass is 246 g/mol. The summed E-state index contributed by atoms with van der Waals surface area (Å²) in [5, 5.41) is 11.9. The van der Waals surface area contributed by atoms with Crippen molar-refractivity contribution < 1.29 is 9.90 Å². The molecule has 1 aliphatic heterocycles. The molecule has 2 N–H and O–H groups in total. The highest BCUT2D eigenvalue weighted by atomic mass is 16.3. The van der Waals surface area contributed by atoms with Gasteiger partial charge in [0.2, 0.25) is 0 Å². The zero-order valence-electron chi connectivity index (χ0n) is 10.4. The second-order valence-electron chi connectivity index (χ2n) is 5.05. The molecule has 1 heterocycles. The second-order valence-corrected chi connectivity index (χ2v) is 5.05. The molecule has 1 unspecified atom stereocenters. The maximum atomic E-state index is 11.7. The Hall–Kier alpha value is -1.55. The van der Waals surface area contributed by atoms with Gasteiger partial charge in [-0.05, 0) is 36.0 Å². The molecular formula is C14H18N2O2. The van der Waals surface area contributed by atoms with Crippen LogP contribution in [0.15, 0.2) is 18.2 Å². The fourth-order valence-corrected chi connectivity index (χ4v) is 2.90. The number of β-amino-alcohol motifs (C(OH)–C–C–N with tert-alkyl or cyclic N) is 1. The van der Waals surface area contributed by atoms with Crippen molar-refractivity contribution in [1.29, 1.82) is 0 Å². The van der Waals surface area contributed by atoms with Crippen LogP contribution in [0.3, 0.4) is 0 Å². The standard InChI is InChI=1S/C14H18N2O2/c17-7-6-16-9-13(15-14(16)18)12-5-4-10-2-1-3-11(10)8-12/h4-5,8,13,17H,1-3,6-7,9H2,(H,15,18). The molecule has 4 nitrogen and oxygen atoms in total. The third-order valence-electron chi connectivity index (χ3n) is 3.88. The van der Waals surface area contributed by atoms with Gasteiger partial charge < -0.3 is 15.3 Å². The topological polar surface area (TPSA) is 52.6 Å². The lowest BCUT2D eigenvalue weighted by molar-refractivity contribution is 0.196. The van der Waals surface area contributed by atoms with Crippen LogP contribution in [0.5, 0.6) is 0 Å². The molecule has 0 spiro atoms. The normalized spacial score (nSPS) is 22.2. The van der Waals surface area contributed by atoms with Crippen molar-refractivity contribution in [1.82, 2.24) is 10.2 Å². The maximum absolute atomic E-state index is 11.7. The van der Waals surface area contributed by atoms with Gasteiger partial charge in [-0.3, -0.25) is 0 Å². The third kappa shape index (κ3) is 1.97. The molecule has 1 fully saturated rings. The van der Waals surface area contributed by atoms with Crippen molar-refractivity contribution in [2.45, 2.75) is 25.3 Å². The van der Waals surface area contributed by atoms with Crippen molar-refractivity contribution in [3.8, 4) is 0 Å². The highest BCUT2D eigenvalue weighted by Gasteiger charge is 2.29. The number of aliphatic hydroxyl groups excluding tert-OH is 1. The molecular weight excluding hydrogens is 228 g/mol. The van der Waals surface area contributed by atoms with Crippen molar-refractivity contribution in [3.63, 3.8) is 0 Å². The molecule has 1 atom stereocenters. The largest absolute Gasteiger partial charge is 0.395 e. The van der Waals surface area contributed by atoms with E-state index in [1.165, 1.54) is 29.5 Å². The lowest BCUT2D eigenvalue weighted by atomic mass is 10.0. The molecule has 2 amide bonds. The number of hydrogen-bond acceptors (Lipinski definition) is 2. The van der Waals surface area contributed by atoms with E-state index < -0.39 is 0 Å². The molecule has 0 bridgehead atoms. The molecule has 0 radical (unpaired) electrons. The lowest BCUT2D eigenvalue weighted by Crippen LogP contribution is -2.30. The molecule has 18 heavy (non-hydrogen) atoms. The number of hydrogen-bond donors (Lipinski definition) is 2. The van der Waals surface area contributed by atoms with Crippen LogP contribution in [-0.4, -0.2) is 35.7 Å². The first-order valence-corrected chi connectivity index (χ1v) is 6.56. The first-order valence-electron chi connectivity index (χ1n) is 6.56. The van der Waals surface area contributed by atoms with Gasteiger partial charge in [-0.15, -0.1) is 0 Å². The fraction of sp³-hybridized carbons (Fsp3) is 0.500. The van der Waals surface area contributed by atoms with Gasteiger partial charge in [0.25, 0.3) is 0 Å². The van der Waals surface area contributed by atoms with E-state index in [9.17, 15) is 4.79 Å². The Kier molecular flexibility index (Phi) is 2.96. The summed E-state index contributed by atoms with van der Waals surface area (Å²) in [7, 11) is 0. The summed E-state index contributed by atoms with van der Waals surface area (Å²) < 4.78 is 0. The minimum atomic E-state index is -0.0745. The van der Waals surface area contributed by atoms with Crippen LogP contribution in [0, 0.1) is 0 Å².